The van der Waals surface area contributed by atoms with E-state index >= 15 is 0 Å². The van der Waals surface area contributed by atoms with E-state index in [1.54, 1.807) is 13.0 Å². The zero-order chi connectivity index (χ0) is 13.9. The lowest BCUT2D eigenvalue weighted by Crippen LogP contribution is -2.35. The maximum atomic E-state index is 13.2. The SMILES string of the molecule is CC(C)CC(C)(O)CNc1cc(Br)c(F)cc1N. The molecule has 4 N–H and O–H groups in total. The first-order chi connectivity index (χ1) is 8.21. The van der Waals surface area contributed by atoms with Gasteiger partial charge < -0.3 is 16.2 Å². The molecule has 102 valence electrons. The van der Waals surface area contributed by atoms with Crippen LogP contribution in [0.5, 0.6) is 0 Å². The highest BCUT2D eigenvalue weighted by atomic mass is 79.9. The van der Waals surface area contributed by atoms with Crippen molar-refractivity contribution in [2.75, 3.05) is 17.6 Å². The number of halogens is 2. The summed E-state index contributed by atoms with van der Waals surface area (Å²) in [4.78, 5) is 0. The minimum atomic E-state index is -0.818. The molecule has 0 amide bonds. The number of anilines is 2. The van der Waals surface area contributed by atoms with E-state index in [4.69, 9.17) is 5.73 Å². The molecule has 1 unspecified atom stereocenters. The Balaban J connectivity index is 2.72. The molecule has 1 aromatic carbocycles. The first-order valence-corrected chi connectivity index (χ1v) is 6.71. The molecule has 0 aliphatic heterocycles. The summed E-state index contributed by atoms with van der Waals surface area (Å²) in [6, 6.07) is 2.83. The third kappa shape index (κ3) is 4.46. The Morgan fingerprint density at radius 1 is 1.50 bits per heavy atom. The van der Waals surface area contributed by atoms with Crippen molar-refractivity contribution >= 4 is 27.3 Å². The number of rotatable bonds is 5. The van der Waals surface area contributed by atoms with Crippen molar-refractivity contribution < 1.29 is 9.50 Å². The molecule has 0 radical (unpaired) electrons. The summed E-state index contributed by atoms with van der Waals surface area (Å²) in [5, 5.41) is 13.2. The number of nitrogens with one attached hydrogen (secondary N) is 1. The number of aliphatic hydroxyl groups is 1. The van der Waals surface area contributed by atoms with Gasteiger partial charge in [0.05, 0.1) is 21.4 Å². The Kier molecular flexibility index (Phi) is 4.99. The van der Waals surface area contributed by atoms with E-state index in [9.17, 15) is 9.50 Å². The summed E-state index contributed by atoms with van der Waals surface area (Å²) in [7, 11) is 0. The maximum Gasteiger partial charge on any atom is 0.139 e. The highest BCUT2D eigenvalue weighted by Gasteiger charge is 2.22. The fourth-order valence-electron chi connectivity index (χ4n) is 1.95. The predicted octanol–water partition coefficient (Wildman–Crippen LogP) is 3.38. The lowest BCUT2D eigenvalue weighted by molar-refractivity contribution is 0.0516. The van der Waals surface area contributed by atoms with Gasteiger partial charge in [-0.25, -0.2) is 4.39 Å². The van der Waals surface area contributed by atoms with Crippen LogP contribution in [0.2, 0.25) is 0 Å². The summed E-state index contributed by atoms with van der Waals surface area (Å²) < 4.78 is 13.6. The Morgan fingerprint density at radius 3 is 2.67 bits per heavy atom. The van der Waals surface area contributed by atoms with Crippen molar-refractivity contribution in [3.63, 3.8) is 0 Å². The molecule has 0 aliphatic carbocycles. The summed E-state index contributed by atoms with van der Waals surface area (Å²) >= 11 is 3.11. The number of benzene rings is 1. The van der Waals surface area contributed by atoms with Crippen molar-refractivity contribution in [3.05, 3.63) is 22.4 Å². The van der Waals surface area contributed by atoms with Crippen LogP contribution in [-0.4, -0.2) is 17.3 Å². The van der Waals surface area contributed by atoms with Crippen LogP contribution in [0, 0.1) is 11.7 Å². The third-order valence-corrected chi connectivity index (χ3v) is 3.21. The second-order valence-corrected chi connectivity index (χ2v) is 6.16. The van der Waals surface area contributed by atoms with Crippen molar-refractivity contribution in [2.24, 2.45) is 5.92 Å². The van der Waals surface area contributed by atoms with Gasteiger partial charge in [-0.05, 0) is 41.3 Å². The molecule has 0 aromatic heterocycles. The molecule has 0 heterocycles. The Morgan fingerprint density at radius 2 is 2.11 bits per heavy atom. The van der Waals surface area contributed by atoms with Gasteiger partial charge >= 0.3 is 0 Å². The lowest BCUT2D eigenvalue weighted by atomic mass is 9.94. The van der Waals surface area contributed by atoms with Crippen LogP contribution in [-0.2, 0) is 0 Å². The van der Waals surface area contributed by atoms with E-state index in [-0.39, 0.29) is 0 Å². The summed E-state index contributed by atoms with van der Waals surface area (Å²) in [6.45, 7) is 6.25. The second kappa shape index (κ2) is 5.89. The molecule has 0 fully saturated rings. The Bertz CT molecular complexity index is 422. The number of hydrogen-bond donors (Lipinski definition) is 3. The minimum absolute atomic E-state index is 0.330. The molecular weight excluding hydrogens is 299 g/mol. The van der Waals surface area contributed by atoms with Crippen LogP contribution < -0.4 is 11.1 Å². The number of hydrogen-bond acceptors (Lipinski definition) is 3. The Labute approximate surface area is 116 Å². The number of nitrogen functional groups attached to an aromatic ring is 1. The quantitative estimate of drug-likeness (QED) is 0.729. The van der Waals surface area contributed by atoms with Crippen LogP contribution in [0.15, 0.2) is 16.6 Å². The van der Waals surface area contributed by atoms with Crippen LogP contribution in [0.25, 0.3) is 0 Å². The van der Waals surface area contributed by atoms with E-state index in [2.05, 4.69) is 35.1 Å². The topological polar surface area (TPSA) is 58.3 Å². The van der Waals surface area contributed by atoms with Crippen molar-refractivity contribution in [2.45, 2.75) is 32.8 Å². The molecule has 1 rings (SSSR count). The third-order valence-electron chi connectivity index (χ3n) is 2.60. The molecule has 1 aromatic rings. The van der Waals surface area contributed by atoms with E-state index in [1.165, 1.54) is 6.07 Å². The van der Waals surface area contributed by atoms with Gasteiger partial charge in [-0.2, -0.15) is 0 Å². The highest BCUT2D eigenvalue weighted by molar-refractivity contribution is 9.10. The van der Waals surface area contributed by atoms with E-state index < -0.39 is 11.4 Å². The highest BCUT2D eigenvalue weighted by Crippen LogP contribution is 2.27. The normalized spacial score (nSPS) is 14.6. The zero-order valence-corrected chi connectivity index (χ0v) is 12.5. The lowest BCUT2D eigenvalue weighted by Gasteiger charge is -2.26. The second-order valence-electron chi connectivity index (χ2n) is 5.30. The van der Waals surface area contributed by atoms with E-state index in [0.717, 1.165) is 0 Å². The van der Waals surface area contributed by atoms with Gasteiger partial charge in [-0.15, -0.1) is 0 Å². The van der Waals surface area contributed by atoms with Gasteiger partial charge in [-0.3, -0.25) is 0 Å². The number of nitrogens with two attached hydrogens (primary N) is 1. The molecule has 0 saturated carbocycles. The van der Waals surface area contributed by atoms with Crippen LogP contribution in [0.4, 0.5) is 15.8 Å². The van der Waals surface area contributed by atoms with E-state index in [0.29, 0.717) is 34.7 Å². The van der Waals surface area contributed by atoms with Crippen LogP contribution >= 0.6 is 15.9 Å². The molecule has 3 nitrogen and oxygen atoms in total. The average molecular weight is 319 g/mol. The van der Waals surface area contributed by atoms with Gasteiger partial charge in [0.2, 0.25) is 0 Å². The monoisotopic (exact) mass is 318 g/mol. The largest absolute Gasteiger partial charge is 0.397 e. The van der Waals surface area contributed by atoms with Crippen LogP contribution in [0.3, 0.4) is 0 Å². The predicted molar refractivity (Wildman–Crippen MR) is 77.1 cm³/mol. The molecule has 5 heteroatoms. The summed E-state index contributed by atoms with van der Waals surface area (Å²) in [6.07, 6.45) is 0.683. The zero-order valence-electron chi connectivity index (χ0n) is 10.9. The molecule has 18 heavy (non-hydrogen) atoms. The average Bonchev–Trinajstić information content (AvgIpc) is 2.19. The fourth-order valence-corrected chi connectivity index (χ4v) is 2.30. The van der Waals surface area contributed by atoms with Crippen molar-refractivity contribution in [1.29, 1.82) is 0 Å². The molecule has 0 bridgehead atoms. The fraction of sp³-hybridized carbons (Fsp3) is 0.538. The molecule has 1 atom stereocenters. The van der Waals surface area contributed by atoms with Crippen molar-refractivity contribution in [1.82, 2.24) is 0 Å². The van der Waals surface area contributed by atoms with Crippen LogP contribution in [0.1, 0.15) is 27.2 Å². The molecular formula is C13H20BrFN2O. The van der Waals surface area contributed by atoms with Gasteiger partial charge in [0.1, 0.15) is 5.82 Å². The standard InChI is InChI=1S/C13H20BrFN2O/c1-8(2)6-13(3,18)7-17-12-4-9(14)10(15)5-11(12)16/h4-5,8,17-18H,6-7,16H2,1-3H3. The summed E-state index contributed by atoms with van der Waals surface area (Å²) in [5.41, 5.74) is 5.85. The van der Waals surface area contributed by atoms with Gasteiger partial charge in [0.15, 0.2) is 0 Å². The molecule has 0 aliphatic rings. The van der Waals surface area contributed by atoms with E-state index in [1.807, 2.05) is 0 Å². The minimum Gasteiger partial charge on any atom is -0.397 e. The molecule has 0 saturated heterocycles. The summed E-state index contributed by atoms with van der Waals surface area (Å²) in [5.74, 6) is 0.00564. The smallest absolute Gasteiger partial charge is 0.139 e. The maximum absolute atomic E-state index is 13.2. The van der Waals surface area contributed by atoms with Gasteiger partial charge in [0, 0.05) is 12.6 Å². The van der Waals surface area contributed by atoms with Crippen molar-refractivity contribution in [3.8, 4) is 0 Å². The van der Waals surface area contributed by atoms with Gasteiger partial charge in [-0.1, -0.05) is 13.8 Å². The molecule has 0 spiro atoms. The Hall–Kier alpha value is -0.810. The first kappa shape index (κ1) is 15.2. The van der Waals surface area contributed by atoms with Gasteiger partial charge in [0.25, 0.3) is 0 Å². The first-order valence-electron chi connectivity index (χ1n) is 5.92.